The zero-order chi connectivity index (χ0) is 33.8. The van der Waals surface area contributed by atoms with Crippen LogP contribution in [0.25, 0.3) is 54.9 Å². The molecule has 0 bridgehead atoms. The van der Waals surface area contributed by atoms with Crippen molar-refractivity contribution in [3.63, 3.8) is 0 Å². The molecule has 6 nitrogen and oxygen atoms in total. The van der Waals surface area contributed by atoms with E-state index in [0.29, 0.717) is 66.1 Å². The van der Waals surface area contributed by atoms with Gasteiger partial charge in [0, 0.05) is 48.3 Å². The molecule has 1 heterocycles. The van der Waals surface area contributed by atoms with Crippen LogP contribution in [0.5, 0.6) is 11.5 Å². The Labute approximate surface area is 294 Å². The molecule has 0 saturated heterocycles. The average molecular weight is 669 g/mol. The van der Waals surface area contributed by atoms with Gasteiger partial charge in [-0.3, -0.25) is 0 Å². The predicted molar refractivity (Wildman–Crippen MR) is 201 cm³/mol. The van der Waals surface area contributed by atoms with E-state index in [4.69, 9.17) is 28.4 Å². The zero-order valence-electron chi connectivity index (χ0n) is 28.5. The van der Waals surface area contributed by atoms with Gasteiger partial charge in [-0.25, -0.2) is 0 Å². The summed E-state index contributed by atoms with van der Waals surface area (Å²) >= 11 is 0. The van der Waals surface area contributed by atoms with Crippen LogP contribution in [0.1, 0.15) is 12.8 Å². The molecule has 7 rings (SSSR count). The van der Waals surface area contributed by atoms with Crippen molar-refractivity contribution in [1.29, 1.82) is 0 Å². The molecule has 6 aromatic rings. The molecule has 0 spiro atoms. The van der Waals surface area contributed by atoms with E-state index in [2.05, 4.69) is 121 Å². The van der Waals surface area contributed by atoms with Gasteiger partial charge < -0.3 is 28.4 Å². The van der Waals surface area contributed by atoms with Crippen LogP contribution < -0.4 is 9.47 Å². The highest BCUT2D eigenvalue weighted by Gasteiger charge is 2.25. The first-order chi connectivity index (χ1) is 24.9. The van der Waals surface area contributed by atoms with E-state index in [1.807, 2.05) is 0 Å². The fourth-order valence-corrected chi connectivity index (χ4v) is 6.55. The summed E-state index contributed by atoms with van der Waals surface area (Å²) in [6.07, 6.45) is 1.47. The highest BCUT2D eigenvalue weighted by molar-refractivity contribution is 6.14. The minimum absolute atomic E-state index is 0.490. The van der Waals surface area contributed by atoms with E-state index in [0.717, 1.165) is 79.3 Å². The first kappa shape index (κ1) is 33.8. The van der Waals surface area contributed by atoms with Gasteiger partial charge in [0.05, 0.1) is 52.9 Å². The molecule has 0 unspecified atom stereocenters. The molecule has 0 aromatic heterocycles. The Morgan fingerprint density at radius 1 is 0.340 bits per heavy atom. The van der Waals surface area contributed by atoms with Crippen LogP contribution in [-0.4, -0.2) is 66.1 Å². The topological polar surface area (TPSA) is 55.4 Å². The molecule has 0 aliphatic carbocycles. The Kier molecular flexibility index (Phi) is 11.7. The van der Waals surface area contributed by atoms with E-state index in [1.54, 1.807) is 0 Å². The van der Waals surface area contributed by atoms with Crippen LogP contribution in [0, 0.1) is 0 Å². The van der Waals surface area contributed by atoms with Crippen LogP contribution in [0.15, 0.2) is 121 Å². The summed E-state index contributed by atoms with van der Waals surface area (Å²) in [5, 5.41) is 4.48. The predicted octanol–water partition coefficient (Wildman–Crippen LogP) is 9.61. The molecule has 1 aliphatic rings. The lowest BCUT2D eigenvalue weighted by atomic mass is 9.86. The number of hydrogen-bond acceptors (Lipinski definition) is 6. The first-order valence-electron chi connectivity index (χ1n) is 17.7. The van der Waals surface area contributed by atoms with Gasteiger partial charge in [-0.1, -0.05) is 109 Å². The standard InChI is InChI=1S/C44H44O6/c1-3-13-33(14-4-1)39-31-35-17-7-9-19-37(35)41-42-38-20-10-8-18-36(38)32-40(34-15-5-2-6-16-34)44(42)50-24-12-22-46-26-28-48-30-29-47-27-25-45-21-11-23-49-43(39)41/h1-10,13-20,31-32H,11-12,21-30H2. The Hall–Kier alpha value is -4.72. The first-order valence-corrected chi connectivity index (χ1v) is 17.7. The van der Waals surface area contributed by atoms with Crippen LogP contribution >= 0.6 is 0 Å². The molecule has 0 amide bonds. The third kappa shape index (κ3) is 8.01. The van der Waals surface area contributed by atoms with Gasteiger partial charge in [0.25, 0.3) is 0 Å². The maximum absolute atomic E-state index is 6.94. The van der Waals surface area contributed by atoms with Crippen molar-refractivity contribution in [1.82, 2.24) is 0 Å². The van der Waals surface area contributed by atoms with Crippen LogP contribution in [0.3, 0.4) is 0 Å². The fourth-order valence-electron chi connectivity index (χ4n) is 6.55. The summed E-state index contributed by atoms with van der Waals surface area (Å²) in [7, 11) is 0. The van der Waals surface area contributed by atoms with Crippen molar-refractivity contribution in [2.75, 3.05) is 66.1 Å². The summed E-state index contributed by atoms with van der Waals surface area (Å²) in [6.45, 7) is 5.30. The Balaban J connectivity index is 1.44. The largest absolute Gasteiger partial charge is 0.492 e. The number of rotatable bonds is 2. The van der Waals surface area contributed by atoms with E-state index in [-0.39, 0.29) is 0 Å². The lowest BCUT2D eigenvalue weighted by molar-refractivity contribution is -0.00361. The van der Waals surface area contributed by atoms with E-state index in [1.165, 1.54) is 0 Å². The normalized spacial score (nSPS) is 15.8. The van der Waals surface area contributed by atoms with Gasteiger partial charge in [0.2, 0.25) is 0 Å². The molecular formula is C44H44O6. The molecule has 0 saturated carbocycles. The van der Waals surface area contributed by atoms with Crippen molar-refractivity contribution in [3.05, 3.63) is 121 Å². The minimum Gasteiger partial charge on any atom is -0.492 e. The summed E-state index contributed by atoms with van der Waals surface area (Å²) < 4.78 is 37.0. The zero-order valence-corrected chi connectivity index (χ0v) is 28.5. The maximum Gasteiger partial charge on any atom is 0.135 e. The Morgan fingerprint density at radius 2 is 0.700 bits per heavy atom. The molecule has 256 valence electrons. The second-order valence-corrected chi connectivity index (χ2v) is 12.3. The molecular weight excluding hydrogens is 624 g/mol. The molecule has 50 heavy (non-hydrogen) atoms. The van der Waals surface area contributed by atoms with E-state index >= 15 is 0 Å². The smallest absolute Gasteiger partial charge is 0.135 e. The lowest BCUT2D eigenvalue weighted by Gasteiger charge is -2.24. The van der Waals surface area contributed by atoms with Gasteiger partial charge in [-0.05, 0) is 44.8 Å². The second kappa shape index (κ2) is 17.3. The van der Waals surface area contributed by atoms with Crippen molar-refractivity contribution >= 4 is 21.5 Å². The van der Waals surface area contributed by atoms with E-state index in [9.17, 15) is 0 Å². The number of ether oxygens (including phenoxy) is 6. The summed E-state index contributed by atoms with van der Waals surface area (Å²) in [6, 6.07) is 42.7. The highest BCUT2D eigenvalue weighted by atomic mass is 16.6. The summed E-state index contributed by atoms with van der Waals surface area (Å²) in [5.74, 6) is 1.67. The van der Waals surface area contributed by atoms with Crippen LogP contribution in [0.4, 0.5) is 0 Å². The maximum atomic E-state index is 6.94. The summed E-state index contributed by atoms with van der Waals surface area (Å²) in [5.41, 5.74) is 6.32. The molecule has 0 fully saturated rings. The van der Waals surface area contributed by atoms with Crippen molar-refractivity contribution in [3.8, 4) is 44.9 Å². The number of hydrogen-bond donors (Lipinski definition) is 0. The number of benzene rings is 6. The van der Waals surface area contributed by atoms with Crippen molar-refractivity contribution in [2.24, 2.45) is 0 Å². The molecule has 0 radical (unpaired) electrons. The van der Waals surface area contributed by atoms with Gasteiger partial charge in [0.15, 0.2) is 0 Å². The van der Waals surface area contributed by atoms with Crippen LogP contribution in [-0.2, 0) is 18.9 Å². The molecule has 6 heteroatoms. The monoisotopic (exact) mass is 668 g/mol. The molecule has 0 atom stereocenters. The van der Waals surface area contributed by atoms with Crippen molar-refractivity contribution in [2.45, 2.75) is 12.8 Å². The average Bonchev–Trinajstić information content (AvgIpc) is 3.17. The lowest BCUT2D eigenvalue weighted by Crippen LogP contribution is -2.13. The van der Waals surface area contributed by atoms with Crippen LogP contribution in [0.2, 0.25) is 0 Å². The fraction of sp³-hybridized carbons (Fsp3) is 0.273. The Morgan fingerprint density at radius 3 is 1.12 bits per heavy atom. The van der Waals surface area contributed by atoms with Gasteiger partial charge >= 0.3 is 0 Å². The number of fused-ring (bicyclic) bond motifs is 7. The van der Waals surface area contributed by atoms with Gasteiger partial charge in [-0.2, -0.15) is 0 Å². The minimum atomic E-state index is 0.490. The van der Waals surface area contributed by atoms with E-state index < -0.39 is 0 Å². The third-order valence-corrected chi connectivity index (χ3v) is 8.90. The molecule has 0 N–H and O–H groups in total. The van der Waals surface area contributed by atoms with Gasteiger partial charge in [-0.15, -0.1) is 0 Å². The Bertz CT molecular complexity index is 1830. The molecule has 1 aliphatic heterocycles. The second-order valence-electron chi connectivity index (χ2n) is 12.3. The quantitative estimate of drug-likeness (QED) is 0.183. The highest BCUT2D eigenvalue weighted by Crippen LogP contribution is 2.52. The SMILES string of the molecule is c1ccc(-c2cc3ccccc3c3c2OCCCOCCOCCOCCOCCCOc2c(-c4ccccc4)cc4ccccc4c2-3)cc1. The molecule has 6 aromatic carbocycles. The van der Waals surface area contributed by atoms with Crippen molar-refractivity contribution < 1.29 is 28.4 Å². The van der Waals surface area contributed by atoms with Gasteiger partial charge in [0.1, 0.15) is 11.5 Å². The summed E-state index contributed by atoms with van der Waals surface area (Å²) in [4.78, 5) is 0. The third-order valence-electron chi connectivity index (χ3n) is 8.90.